The minimum absolute atomic E-state index is 0.182. The van der Waals surface area contributed by atoms with Gasteiger partial charge in [-0.25, -0.2) is 0 Å². The first-order valence-corrected chi connectivity index (χ1v) is 4.17. The average Bonchev–Trinajstić information content (AvgIpc) is 2.20. The van der Waals surface area contributed by atoms with Crippen LogP contribution in [0.3, 0.4) is 0 Å². The van der Waals surface area contributed by atoms with Crippen molar-refractivity contribution in [3.8, 4) is 17.6 Å². The molecular formula is C11H11NO2. The summed E-state index contributed by atoms with van der Waals surface area (Å²) < 4.78 is 0. The van der Waals surface area contributed by atoms with Crippen LogP contribution in [0.5, 0.6) is 5.75 Å². The SMILES string of the molecule is CC#CCO/N=C/c1ccccc1O. The first-order valence-electron chi connectivity index (χ1n) is 4.17. The molecule has 0 saturated heterocycles. The topological polar surface area (TPSA) is 41.8 Å². The highest BCUT2D eigenvalue weighted by Crippen LogP contribution is 2.12. The van der Waals surface area contributed by atoms with Crippen LogP contribution < -0.4 is 0 Å². The number of aromatic hydroxyl groups is 1. The molecule has 0 amide bonds. The highest BCUT2D eigenvalue weighted by Gasteiger charge is 1.93. The zero-order valence-electron chi connectivity index (χ0n) is 7.90. The molecule has 1 aromatic rings. The molecule has 0 radical (unpaired) electrons. The van der Waals surface area contributed by atoms with E-state index in [4.69, 9.17) is 4.84 Å². The summed E-state index contributed by atoms with van der Waals surface area (Å²) in [5, 5.41) is 13.0. The summed E-state index contributed by atoms with van der Waals surface area (Å²) in [5.41, 5.74) is 0.622. The minimum atomic E-state index is 0.182. The van der Waals surface area contributed by atoms with Crippen molar-refractivity contribution in [3.05, 3.63) is 29.8 Å². The Balaban J connectivity index is 2.50. The fourth-order valence-corrected chi connectivity index (χ4v) is 0.832. The number of hydrogen-bond acceptors (Lipinski definition) is 3. The molecule has 0 aromatic heterocycles. The van der Waals surface area contributed by atoms with E-state index in [1.807, 2.05) is 6.07 Å². The van der Waals surface area contributed by atoms with Gasteiger partial charge in [0.2, 0.25) is 0 Å². The molecule has 3 heteroatoms. The molecule has 0 saturated carbocycles. The van der Waals surface area contributed by atoms with Crippen LogP contribution in [0.25, 0.3) is 0 Å². The number of hydrogen-bond donors (Lipinski definition) is 1. The number of phenolic OH excluding ortho intramolecular Hbond substituents is 1. The summed E-state index contributed by atoms with van der Waals surface area (Å²) in [6, 6.07) is 6.89. The third-order valence-corrected chi connectivity index (χ3v) is 1.52. The van der Waals surface area contributed by atoms with Gasteiger partial charge in [0.05, 0.1) is 6.21 Å². The van der Waals surface area contributed by atoms with E-state index in [0.717, 1.165) is 0 Å². The molecule has 0 bridgehead atoms. The van der Waals surface area contributed by atoms with Gasteiger partial charge in [0, 0.05) is 5.56 Å². The molecule has 1 rings (SSSR count). The number of nitrogens with zero attached hydrogens (tertiary/aromatic N) is 1. The maximum absolute atomic E-state index is 9.34. The molecule has 0 unspecified atom stereocenters. The van der Waals surface area contributed by atoms with Gasteiger partial charge < -0.3 is 9.94 Å². The van der Waals surface area contributed by atoms with E-state index in [-0.39, 0.29) is 12.4 Å². The van der Waals surface area contributed by atoms with Gasteiger partial charge in [-0.1, -0.05) is 23.2 Å². The molecule has 0 aliphatic carbocycles. The zero-order valence-corrected chi connectivity index (χ0v) is 7.90. The van der Waals surface area contributed by atoms with Crippen LogP contribution in [0.4, 0.5) is 0 Å². The van der Waals surface area contributed by atoms with Crippen LogP contribution in [0.15, 0.2) is 29.4 Å². The van der Waals surface area contributed by atoms with Gasteiger partial charge in [-0.3, -0.25) is 0 Å². The summed E-state index contributed by atoms with van der Waals surface area (Å²) in [6.07, 6.45) is 1.45. The molecule has 1 aromatic carbocycles. The molecule has 0 heterocycles. The van der Waals surface area contributed by atoms with E-state index in [9.17, 15) is 5.11 Å². The molecule has 0 aliphatic heterocycles. The summed E-state index contributed by atoms with van der Waals surface area (Å²) >= 11 is 0. The zero-order chi connectivity index (χ0) is 10.2. The third kappa shape index (κ3) is 3.20. The van der Waals surface area contributed by atoms with Crippen LogP contribution in [-0.4, -0.2) is 17.9 Å². The van der Waals surface area contributed by atoms with E-state index in [2.05, 4.69) is 17.0 Å². The largest absolute Gasteiger partial charge is 0.507 e. The standard InChI is InChI=1S/C11H11NO2/c1-2-3-8-14-12-9-10-6-4-5-7-11(10)13/h4-7,9,13H,8H2,1H3/b12-9+. The lowest BCUT2D eigenvalue weighted by Gasteiger charge is -1.95. The molecule has 0 aliphatic rings. The second kappa shape index (κ2) is 5.65. The van der Waals surface area contributed by atoms with Crippen molar-refractivity contribution in [3.63, 3.8) is 0 Å². The summed E-state index contributed by atoms with van der Waals surface area (Å²) in [4.78, 5) is 4.82. The number of benzene rings is 1. The van der Waals surface area contributed by atoms with Crippen molar-refractivity contribution >= 4 is 6.21 Å². The first kappa shape index (κ1) is 10.1. The summed E-state index contributed by atoms with van der Waals surface area (Å²) in [5.74, 6) is 5.56. The van der Waals surface area contributed by atoms with E-state index in [1.54, 1.807) is 25.1 Å². The van der Waals surface area contributed by atoms with Gasteiger partial charge in [-0.05, 0) is 19.1 Å². The van der Waals surface area contributed by atoms with E-state index >= 15 is 0 Å². The first-order chi connectivity index (χ1) is 6.84. The number of oxime groups is 1. The molecular weight excluding hydrogens is 178 g/mol. The maximum Gasteiger partial charge on any atom is 0.177 e. The van der Waals surface area contributed by atoms with Crippen LogP contribution in [0, 0.1) is 11.8 Å². The second-order valence-corrected chi connectivity index (χ2v) is 2.49. The van der Waals surface area contributed by atoms with E-state index in [0.29, 0.717) is 5.56 Å². The Morgan fingerprint density at radius 1 is 1.50 bits per heavy atom. The van der Waals surface area contributed by atoms with Crippen molar-refractivity contribution in [1.29, 1.82) is 0 Å². The third-order valence-electron chi connectivity index (χ3n) is 1.52. The molecule has 14 heavy (non-hydrogen) atoms. The molecule has 0 spiro atoms. The lowest BCUT2D eigenvalue weighted by molar-refractivity contribution is 0.181. The smallest absolute Gasteiger partial charge is 0.177 e. The lowest BCUT2D eigenvalue weighted by atomic mass is 10.2. The Morgan fingerprint density at radius 2 is 2.29 bits per heavy atom. The molecule has 72 valence electrons. The van der Waals surface area contributed by atoms with Crippen LogP contribution in [0.2, 0.25) is 0 Å². The number of rotatable bonds is 3. The Labute approximate surface area is 83.0 Å². The highest BCUT2D eigenvalue weighted by molar-refractivity contribution is 5.82. The van der Waals surface area contributed by atoms with Crippen LogP contribution in [0.1, 0.15) is 12.5 Å². The fraction of sp³-hybridized carbons (Fsp3) is 0.182. The lowest BCUT2D eigenvalue weighted by Crippen LogP contribution is -1.86. The maximum atomic E-state index is 9.34. The van der Waals surface area contributed by atoms with Crippen molar-refractivity contribution in [2.45, 2.75) is 6.92 Å². The fourth-order valence-electron chi connectivity index (χ4n) is 0.832. The van der Waals surface area contributed by atoms with Crippen LogP contribution >= 0.6 is 0 Å². The van der Waals surface area contributed by atoms with Gasteiger partial charge in [0.15, 0.2) is 6.61 Å². The highest BCUT2D eigenvalue weighted by atomic mass is 16.6. The average molecular weight is 189 g/mol. The van der Waals surface area contributed by atoms with E-state index < -0.39 is 0 Å². The summed E-state index contributed by atoms with van der Waals surface area (Å²) in [6.45, 7) is 2.00. The number of para-hydroxylation sites is 1. The van der Waals surface area contributed by atoms with Crippen LogP contribution in [-0.2, 0) is 4.84 Å². The van der Waals surface area contributed by atoms with Crippen molar-refractivity contribution in [2.75, 3.05) is 6.61 Å². The van der Waals surface area contributed by atoms with Gasteiger partial charge in [0.1, 0.15) is 5.75 Å². The van der Waals surface area contributed by atoms with Gasteiger partial charge in [0.25, 0.3) is 0 Å². The Hall–Kier alpha value is -1.95. The predicted molar refractivity (Wildman–Crippen MR) is 55.1 cm³/mol. The van der Waals surface area contributed by atoms with Crippen molar-refractivity contribution in [2.24, 2.45) is 5.16 Å². The predicted octanol–water partition coefficient (Wildman–Crippen LogP) is 1.77. The molecule has 0 atom stereocenters. The molecule has 1 N–H and O–H groups in total. The minimum Gasteiger partial charge on any atom is -0.507 e. The van der Waals surface area contributed by atoms with Crippen molar-refractivity contribution in [1.82, 2.24) is 0 Å². The quantitative estimate of drug-likeness (QED) is 0.341. The summed E-state index contributed by atoms with van der Waals surface area (Å²) in [7, 11) is 0. The van der Waals surface area contributed by atoms with Gasteiger partial charge in [-0.15, -0.1) is 5.92 Å². The normalized spacial score (nSPS) is 9.50. The Kier molecular flexibility index (Phi) is 4.09. The monoisotopic (exact) mass is 189 g/mol. The van der Waals surface area contributed by atoms with Crippen molar-refractivity contribution < 1.29 is 9.94 Å². The molecule has 3 nitrogen and oxygen atoms in total. The van der Waals surface area contributed by atoms with Gasteiger partial charge in [-0.2, -0.15) is 0 Å². The molecule has 0 fully saturated rings. The Bertz CT molecular complexity index is 374. The Morgan fingerprint density at radius 3 is 3.00 bits per heavy atom. The van der Waals surface area contributed by atoms with E-state index in [1.165, 1.54) is 6.21 Å². The number of phenols is 1. The van der Waals surface area contributed by atoms with Gasteiger partial charge >= 0.3 is 0 Å². The second-order valence-electron chi connectivity index (χ2n) is 2.49.